The Kier molecular flexibility index (Phi) is 4.96. The van der Waals surface area contributed by atoms with Crippen molar-refractivity contribution in [2.24, 2.45) is 10.1 Å². The maximum Gasteiger partial charge on any atom is 0.128 e. The Morgan fingerprint density at radius 1 is 1.36 bits per heavy atom. The van der Waals surface area contributed by atoms with Gasteiger partial charge in [-0.05, 0) is 81.3 Å². The minimum atomic E-state index is -2.55. The monoisotopic (exact) mass is 438 g/mol. The van der Waals surface area contributed by atoms with Gasteiger partial charge < -0.3 is 5.73 Å². The first-order valence-electron chi connectivity index (χ1n) is 7.42. The molecule has 6 heteroatoms. The summed E-state index contributed by atoms with van der Waals surface area (Å²) in [5.41, 5.74) is 5.79. The van der Waals surface area contributed by atoms with Crippen molar-refractivity contribution >= 4 is 32.3 Å². The fourth-order valence-corrected chi connectivity index (χ4v) is 5.23. The second-order valence-electron chi connectivity index (χ2n) is 7.28. The van der Waals surface area contributed by atoms with Gasteiger partial charge in [0.15, 0.2) is 0 Å². The Labute approximate surface area is 146 Å². The maximum absolute atomic E-state index is 14.2. The normalized spacial score (nSPS) is 21.0. The van der Waals surface area contributed by atoms with E-state index in [1.807, 2.05) is 20.8 Å². The van der Waals surface area contributed by atoms with Crippen molar-refractivity contribution in [3.8, 4) is 0 Å². The Morgan fingerprint density at radius 2 is 1.95 bits per heavy atom. The largest absolute Gasteiger partial charge is 0.321 e. The van der Waals surface area contributed by atoms with Crippen LogP contribution in [0.4, 0.5) is 4.39 Å². The summed E-state index contributed by atoms with van der Waals surface area (Å²) in [5, 5.41) is 0. The smallest absolute Gasteiger partial charge is 0.128 e. The van der Waals surface area contributed by atoms with Gasteiger partial charge in [-0.3, -0.25) is 0 Å². The van der Waals surface area contributed by atoms with Crippen LogP contribution in [0, 0.1) is 9.39 Å². The van der Waals surface area contributed by atoms with E-state index in [0.29, 0.717) is 5.56 Å². The van der Waals surface area contributed by atoms with Gasteiger partial charge in [0, 0.05) is 13.9 Å². The average molecular weight is 438 g/mol. The first-order chi connectivity index (χ1) is 9.95. The molecule has 1 aliphatic carbocycles. The fourth-order valence-electron chi connectivity index (χ4n) is 2.25. The van der Waals surface area contributed by atoms with Crippen LogP contribution >= 0.6 is 22.6 Å². The van der Waals surface area contributed by atoms with Gasteiger partial charge in [0.25, 0.3) is 0 Å². The van der Waals surface area contributed by atoms with Crippen molar-refractivity contribution in [1.29, 1.82) is 0 Å². The molecule has 2 N–H and O–H groups in total. The van der Waals surface area contributed by atoms with Crippen molar-refractivity contribution in [2.75, 3.05) is 5.75 Å². The van der Waals surface area contributed by atoms with Crippen molar-refractivity contribution in [3.05, 3.63) is 33.1 Å². The van der Waals surface area contributed by atoms with E-state index in [4.69, 9.17) is 5.73 Å². The van der Waals surface area contributed by atoms with Gasteiger partial charge in [0.05, 0.1) is 27.1 Å². The Bertz CT molecular complexity index is 684. The third-order valence-corrected chi connectivity index (χ3v) is 8.08. The van der Waals surface area contributed by atoms with Crippen molar-refractivity contribution in [3.63, 3.8) is 0 Å². The van der Waals surface area contributed by atoms with E-state index in [1.165, 1.54) is 6.07 Å². The van der Waals surface area contributed by atoms with Gasteiger partial charge in [-0.2, -0.15) is 0 Å². The lowest BCUT2D eigenvalue weighted by Crippen LogP contribution is -2.46. The van der Waals surface area contributed by atoms with E-state index < -0.39 is 20.0 Å². The Hall–Kier alpha value is -0.210. The van der Waals surface area contributed by atoms with Gasteiger partial charge in [-0.15, -0.1) is 0 Å². The lowest BCUT2D eigenvalue weighted by molar-refractivity contribution is 0.497. The minimum Gasteiger partial charge on any atom is -0.321 e. The van der Waals surface area contributed by atoms with Crippen LogP contribution in [0.5, 0.6) is 0 Å². The van der Waals surface area contributed by atoms with Crippen LogP contribution < -0.4 is 5.73 Å². The van der Waals surface area contributed by atoms with Crippen molar-refractivity contribution < 1.29 is 8.60 Å². The predicted molar refractivity (Wildman–Crippen MR) is 98.9 cm³/mol. The Morgan fingerprint density at radius 3 is 2.45 bits per heavy atom. The molecule has 1 saturated carbocycles. The number of nitrogens with zero attached hydrogens (tertiary/aromatic N) is 1. The molecule has 0 spiro atoms. The highest BCUT2D eigenvalue weighted by Gasteiger charge is 2.38. The highest BCUT2D eigenvalue weighted by Crippen LogP contribution is 2.34. The van der Waals surface area contributed by atoms with E-state index in [1.54, 1.807) is 19.1 Å². The molecular weight excluding hydrogens is 414 g/mol. The summed E-state index contributed by atoms with van der Waals surface area (Å²) < 4.78 is 32.7. The molecule has 0 amide bonds. The number of halogens is 2. The first kappa shape index (κ1) is 18.1. The summed E-state index contributed by atoms with van der Waals surface area (Å²) in [6.07, 6.45) is 1.98. The number of rotatable bonds is 4. The lowest BCUT2D eigenvalue weighted by Gasteiger charge is -2.33. The van der Waals surface area contributed by atoms with Crippen LogP contribution in [0.2, 0.25) is 0 Å². The van der Waals surface area contributed by atoms with E-state index in [-0.39, 0.29) is 17.6 Å². The van der Waals surface area contributed by atoms with Crippen molar-refractivity contribution in [1.82, 2.24) is 0 Å². The molecule has 1 aliphatic rings. The third kappa shape index (κ3) is 4.00. The molecule has 0 aliphatic heterocycles. The summed E-state index contributed by atoms with van der Waals surface area (Å²) in [7, 11) is -2.55. The molecule has 0 heterocycles. The zero-order valence-electron chi connectivity index (χ0n) is 13.5. The van der Waals surface area contributed by atoms with Gasteiger partial charge >= 0.3 is 0 Å². The van der Waals surface area contributed by atoms with E-state index >= 15 is 0 Å². The van der Waals surface area contributed by atoms with E-state index in [2.05, 4.69) is 27.0 Å². The zero-order chi connectivity index (χ0) is 16.8. The second-order valence-corrected chi connectivity index (χ2v) is 11.5. The molecule has 0 radical (unpaired) electrons. The first-order valence-corrected chi connectivity index (χ1v) is 10.2. The Balaban J connectivity index is 2.45. The molecule has 1 unspecified atom stereocenters. The second kappa shape index (κ2) is 6.02. The van der Waals surface area contributed by atoms with Crippen LogP contribution in [-0.2, 0) is 15.3 Å². The molecule has 22 heavy (non-hydrogen) atoms. The molecule has 2 atom stereocenters. The molecule has 0 aromatic heterocycles. The maximum atomic E-state index is 14.2. The SMILES string of the molecule is CC(C)(C)S(=O)(C[C@](C)(N)c1cc(I)ccc1F)=NC1CC1. The zero-order valence-corrected chi connectivity index (χ0v) is 16.5. The topological polar surface area (TPSA) is 55.5 Å². The van der Waals surface area contributed by atoms with Gasteiger partial charge in [0.2, 0.25) is 0 Å². The van der Waals surface area contributed by atoms with Crippen LogP contribution in [0.1, 0.15) is 46.1 Å². The molecule has 2 rings (SSSR count). The summed E-state index contributed by atoms with van der Waals surface area (Å²) in [6, 6.07) is 5.03. The standard InChI is InChI=1S/C16H24FIN2OS/c1-15(2,3)22(21,20-12-6-7-12)10-16(4,19)13-9-11(18)5-8-14(13)17/h5,8-9,12H,6-7,10,19H2,1-4H3/t16-,22?/m0/s1. The predicted octanol–water partition coefficient (Wildman–Crippen LogP) is 4.03. The van der Waals surface area contributed by atoms with Crippen molar-refractivity contribution in [2.45, 2.75) is 56.9 Å². The molecule has 0 saturated heterocycles. The molecule has 1 fully saturated rings. The lowest BCUT2D eigenvalue weighted by atomic mass is 9.95. The number of hydrogen-bond donors (Lipinski definition) is 1. The average Bonchev–Trinajstić information content (AvgIpc) is 3.13. The highest BCUT2D eigenvalue weighted by atomic mass is 127. The number of hydrogen-bond acceptors (Lipinski definition) is 3. The molecule has 1 aromatic rings. The molecule has 3 nitrogen and oxygen atoms in total. The molecule has 0 bridgehead atoms. The summed E-state index contributed by atoms with van der Waals surface area (Å²) in [5.74, 6) is -0.190. The number of benzene rings is 1. The van der Waals surface area contributed by atoms with Gasteiger partial charge in [-0.25, -0.2) is 13.0 Å². The number of nitrogens with two attached hydrogens (primary N) is 1. The summed E-state index contributed by atoms with van der Waals surface area (Å²) in [4.78, 5) is 0. The third-order valence-electron chi connectivity index (χ3n) is 3.86. The molecule has 1 aromatic carbocycles. The minimum absolute atomic E-state index is 0.164. The van der Waals surface area contributed by atoms with Crippen LogP contribution in [-0.4, -0.2) is 20.8 Å². The van der Waals surface area contributed by atoms with Crippen LogP contribution in [0.15, 0.2) is 22.6 Å². The molecular formula is C16H24FIN2OS. The quantitative estimate of drug-likeness (QED) is 0.722. The van der Waals surface area contributed by atoms with E-state index in [9.17, 15) is 8.60 Å². The van der Waals surface area contributed by atoms with Crippen LogP contribution in [0.3, 0.4) is 0 Å². The van der Waals surface area contributed by atoms with Gasteiger partial charge in [-0.1, -0.05) is 0 Å². The highest BCUT2D eigenvalue weighted by molar-refractivity contribution is 14.1. The summed E-state index contributed by atoms with van der Waals surface area (Å²) in [6.45, 7) is 7.50. The van der Waals surface area contributed by atoms with E-state index in [0.717, 1.165) is 16.4 Å². The summed E-state index contributed by atoms with van der Waals surface area (Å²) >= 11 is 2.13. The van der Waals surface area contributed by atoms with Crippen LogP contribution in [0.25, 0.3) is 0 Å². The van der Waals surface area contributed by atoms with Gasteiger partial charge in [0.1, 0.15) is 5.82 Å². The fraction of sp³-hybridized carbons (Fsp3) is 0.625. The molecule has 124 valence electrons.